The molecule has 0 unspecified atom stereocenters. The van der Waals surface area contributed by atoms with Crippen molar-refractivity contribution in [3.63, 3.8) is 0 Å². The number of carbonyl (C=O) groups excluding carboxylic acids is 2. The highest BCUT2D eigenvalue weighted by Crippen LogP contribution is 2.38. The number of rotatable bonds is 7. The summed E-state index contributed by atoms with van der Waals surface area (Å²) in [6.07, 6.45) is 0. The second-order valence-electron chi connectivity index (χ2n) is 9.05. The van der Waals surface area contributed by atoms with Crippen molar-refractivity contribution in [1.82, 2.24) is 0 Å². The highest BCUT2D eigenvalue weighted by atomic mass is 16.5. The molecule has 0 atom stereocenters. The van der Waals surface area contributed by atoms with Crippen LogP contribution in [0.1, 0.15) is 27.6 Å². The lowest BCUT2D eigenvalue weighted by molar-refractivity contribution is 0.0527. The molecule has 5 aromatic rings. The van der Waals surface area contributed by atoms with E-state index in [2.05, 4.69) is 24.3 Å². The molecule has 0 N–H and O–H groups in total. The number of hydrogen-bond acceptors (Lipinski definition) is 4. The van der Waals surface area contributed by atoms with Gasteiger partial charge in [-0.25, -0.2) is 9.59 Å². The third-order valence-electron chi connectivity index (χ3n) is 6.64. The average molecular weight is 513 g/mol. The summed E-state index contributed by atoms with van der Waals surface area (Å²) >= 11 is 0. The second kappa shape index (κ2) is 11.6. The molecule has 0 amide bonds. The van der Waals surface area contributed by atoms with Crippen LogP contribution in [0.15, 0.2) is 121 Å². The second-order valence-corrected chi connectivity index (χ2v) is 9.05. The first kappa shape index (κ1) is 25.7. The van der Waals surface area contributed by atoms with Crippen LogP contribution in [0.5, 0.6) is 0 Å². The van der Waals surface area contributed by atoms with E-state index in [0.717, 1.165) is 38.9 Å². The van der Waals surface area contributed by atoms with Gasteiger partial charge in [0.25, 0.3) is 0 Å². The zero-order chi connectivity index (χ0) is 27.2. The van der Waals surface area contributed by atoms with E-state index in [4.69, 9.17) is 9.47 Å². The first-order valence-electron chi connectivity index (χ1n) is 12.8. The largest absolute Gasteiger partial charge is 0.465 e. The van der Waals surface area contributed by atoms with E-state index in [0.29, 0.717) is 11.1 Å². The Morgan fingerprint density at radius 3 is 1.51 bits per heavy atom. The SMILES string of the molecule is CCOC(=O)c1cc(C(=O)OC)cc(-c2ccc(-c3ccccc3)cc2)c1-c1ccc(-c2ccccc2)cc1. The van der Waals surface area contributed by atoms with Crippen molar-refractivity contribution in [2.75, 3.05) is 13.7 Å². The smallest absolute Gasteiger partial charge is 0.338 e. The molecule has 5 rings (SSSR count). The van der Waals surface area contributed by atoms with E-state index >= 15 is 0 Å². The minimum atomic E-state index is -0.520. The lowest BCUT2D eigenvalue weighted by atomic mass is 9.87. The summed E-state index contributed by atoms with van der Waals surface area (Å²) in [6, 6.07) is 39.8. The summed E-state index contributed by atoms with van der Waals surface area (Å²) in [5.41, 5.74) is 8.11. The third kappa shape index (κ3) is 5.51. The van der Waals surface area contributed by atoms with Crippen LogP contribution in [0.4, 0.5) is 0 Å². The molecule has 4 nitrogen and oxygen atoms in total. The Morgan fingerprint density at radius 1 is 0.564 bits per heavy atom. The molecular weight excluding hydrogens is 484 g/mol. The van der Waals surface area contributed by atoms with Crippen molar-refractivity contribution < 1.29 is 19.1 Å². The Bertz CT molecular complexity index is 1590. The number of benzene rings is 5. The number of ether oxygens (including phenoxy) is 2. The summed E-state index contributed by atoms with van der Waals surface area (Å²) < 4.78 is 10.4. The van der Waals surface area contributed by atoms with Crippen molar-refractivity contribution >= 4 is 11.9 Å². The Balaban J connectivity index is 1.69. The maximum atomic E-state index is 13.2. The molecule has 0 saturated carbocycles. The van der Waals surface area contributed by atoms with Gasteiger partial charge < -0.3 is 9.47 Å². The molecule has 0 radical (unpaired) electrons. The van der Waals surface area contributed by atoms with Gasteiger partial charge in [-0.15, -0.1) is 0 Å². The van der Waals surface area contributed by atoms with Crippen LogP contribution in [0, 0.1) is 0 Å². The lowest BCUT2D eigenvalue weighted by Gasteiger charge is -2.18. The van der Waals surface area contributed by atoms with Crippen LogP contribution in [0.25, 0.3) is 44.5 Å². The number of methoxy groups -OCH3 is 1. The van der Waals surface area contributed by atoms with Gasteiger partial charge in [0.2, 0.25) is 0 Å². The molecule has 4 heteroatoms. The van der Waals surface area contributed by atoms with Crippen LogP contribution in [0.2, 0.25) is 0 Å². The minimum Gasteiger partial charge on any atom is -0.465 e. The minimum absolute atomic E-state index is 0.217. The molecule has 39 heavy (non-hydrogen) atoms. The maximum Gasteiger partial charge on any atom is 0.338 e. The molecule has 0 fully saturated rings. The Kier molecular flexibility index (Phi) is 7.65. The molecule has 0 aliphatic carbocycles. The quantitative estimate of drug-likeness (QED) is 0.206. The van der Waals surface area contributed by atoms with Crippen LogP contribution < -0.4 is 0 Å². The van der Waals surface area contributed by atoms with Gasteiger partial charge >= 0.3 is 11.9 Å². The molecular formula is C35H28O4. The Morgan fingerprint density at radius 2 is 1.03 bits per heavy atom. The standard InChI is InChI=1S/C35H28O4/c1-3-39-35(37)32-23-30(34(36)38-2)22-31(28-18-14-26(15-19-28)24-10-6-4-7-11-24)33(32)29-20-16-27(17-21-29)25-12-8-5-9-13-25/h4-23H,3H2,1-2H3. The third-order valence-corrected chi connectivity index (χ3v) is 6.64. The van der Waals surface area contributed by atoms with Gasteiger partial charge in [-0.2, -0.15) is 0 Å². The summed E-state index contributed by atoms with van der Waals surface area (Å²) in [4.78, 5) is 25.9. The lowest BCUT2D eigenvalue weighted by Crippen LogP contribution is -2.11. The number of esters is 2. The summed E-state index contributed by atoms with van der Waals surface area (Å²) in [5.74, 6) is -1.01. The maximum absolute atomic E-state index is 13.2. The number of hydrogen-bond donors (Lipinski definition) is 0. The van der Waals surface area contributed by atoms with Crippen molar-refractivity contribution in [3.8, 4) is 44.5 Å². The fourth-order valence-corrected chi connectivity index (χ4v) is 4.72. The fourth-order valence-electron chi connectivity index (χ4n) is 4.72. The van der Waals surface area contributed by atoms with Crippen molar-refractivity contribution in [2.45, 2.75) is 6.92 Å². The molecule has 0 aromatic heterocycles. The normalized spacial score (nSPS) is 10.6. The van der Waals surface area contributed by atoms with Gasteiger partial charge in [-0.3, -0.25) is 0 Å². The average Bonchev–Trinajstić information content (AvgIpc) is 3.01. The molecule has 0 aliphatic rings. The van der Waals surface area contributed by atoms with Crippen molar-refractivity contribution in [1.29, 1.82) is 0 Å². The van der Waals surface area contributed by atoms with E-state index in [1.807, 2.05) is 84.9 Å². The summed E-state index contributed by atoms with van der Waals surface area (Å²) in [5, 5.41) is 0. The van der Waals surface area contributed by atoms with Crippen LogP contribution in [-0.2, 0) is 9.47 Å². The predicted molar refractivity (Wildman–Crippen MR) is 155 cm³/mol. The number of carbonyl (C=O) groups is 2. The highest BCUT2D eigenvalue weighted by molar-refractivity contribution is 6.06. The Hall–Kier alpha value is -4.96. The first-order chi connectivity index (χ1) is 19.1. The van der Waals surface area contributed by atoms with Crippen LogP contribution in [0.3, 0.4) is 0 Å². The molecule has 0 saturated heterocycles. The van der Waals surface area contributed by atoms with Gasteiger partial charge in [0, 0.05) is 5.56 Å². The summed E-state index contributed by atoms with van der Waals surface area (Å²) in [6.45, 7) is 1.98. The first-order valence-corrected chi connectivity index (χ1v) is 12.8. The van der Waals surface area contributed by atoms with Gasteiger partial charge in [-0.1, -0.05) is 109 Å². The predicted octanol–water partition coefficient (Wildman–Crippen LogP) is 8.32. The van der Waals surface area contributed by atoms with Crippen LogP contribution in [-0.4, -0.2) is 25.7 Å². The van der Waals surface area contributed by atoms with Gasteiger partial charge in [0.15, 0.2) is 0 Å². The van der Waals surface area contributed by atoms with Crippen molar-refractivity contribution in [2.24, 2.45) is 0 Å². The van der Waals surface area contributed by atoms with Gasteiger partial charge in [-0.05, 0) is 58.0 Å². The molecule has 0 aliphatic heterocycles. The molecule has 5 aromatic carbocycles. The zero-order valence-corrected chi connectivity index (χ0v) is 21.9. The highest BCUT2D eigenvalue weighted by Gasteiger charge is 2.23. The van der Waals surface area contributed by atoms with E-state index in [1.54, 1.807) is 19.1 Å². The van der Waals surface area contributed by atoms with Gasteiger partial charge in [0.05, 0.1) is 24.8 Å². The van der Waals surface area contributed by atoms with Crippen LogP contribution >= 0.6 is 0 Å². The molecule has 0 heterocycles. The molecule has 0 bridgehead atoms. The summed E-state index contributed by atoms with van der Waals surface area (Å²) in [7, 11) is 1.33. The zero-order valence-electron chi connectivity index (χ0n) is 21.9. The Labute approximate surface area is 228 Å². The monoisotopic (exact) mass is 512 g/mol. The molecule has 0 spiro atoms. The van der Waals surface area contributed by atoms with E-state index in [1.165, 1.54) is 7.11 Å². The van der Waals surface area contributed by atoms with E-state index < -0.39 is 11.9 Å². The van der Waals surface area contributed by atoms with E-state index in [-0.39, 0.29) is 12.2 Å². The van der Waals surface area contributed by atoms with Crippen molar-refractivity contribution in [3.05, 3.63) is 132 Å². The fraction of sp³-hybridized carbons (Fsp3) is 0.0857. The molecule has 192 valence electrons. The van der Waals surface area contributed by atoms with E-state index in [9.17, 15) is 9.59 Å². The van der Waals surface area contributed by atoms with Gasteiger partial charge in [0.1, 0.15) is 0 Å². The topological polar surface area (TPSA) is 52.6 Å².